The fraction of sp³-hybridized carbons (Fsp3) is 0.250. The van der Waals surface area contributed by atoms with Crippen LogP contribution in [-0.4, -0.2) is 26.9 Å². The van der Waals surface area contributed by atoms with Crippen LogP contribution in [0.15, 0.2) is 47.4 Å². The van der Waals surface area contributed by atoms with E-state index in [1.54, 1.807) is 13.0 Å². The fourth-order valence-electron chi connectivity index (χ4n) is 3.01. The lowest BCUT2D eigenvalue weighted by Gasteiger charge is -2.21. The first-order valence-corrected chi connectivity index (χ1v) is 10.1. The van der Waals surface area contributed by atoms with E-state index in [0.717, 1.165) is 0 Å². The average Bonchev–Trinajstić information content (AvgIpc) is 2.93. The first-order valence-electron chi connectivity index (χ1n) is 8.56. The van der Waals surface area contributed by atoms with Gasteiger partial charge < -0.3 is 9.47 Å². The summed E-state index contributed by atoms with van der Waals surface area (Å²) in [5.41, 5.74) is -0.0240. The fourth-order valence-corrected chi connectivity index (χ4v) is 3.52. The summed E-state index contributed by atoms with van der Waals surface area (Å²) in [4.78, 5) is 13.0. The standard InChI is InChI=1S/C20H20FNO5S/c1-4-20(2)19(23)17(13-7-10-16(26-3)15(21)11-13)18(27-20)12-5-8-14(9-6-12)28(22,24)25/h5-11H,4H2,1-3H3,(H2,22,24,25). The SMILES string of the molecule is CCC1(C)OC(c2ccc(S(N)(=O)=O)cc2)=C(c2ccc(OC)c(F)c2)C1=O. The van der Waals surface area contributed by atoms with Crippen LogP contribution in [0, 0.1) is 5.82 Å². The second-order valence-corrected chi connectivity index (χ2v) is 8.20. The number of benzene rings is 2. The van der Waals surface area contributed by atoms with Gasteiger partial charge in [-0.15, -0.1) is 0 Å². The normalized spacial score (nSPS) is 19.7. The highest BCUT2D eigenvalue weighted by Gasteiger charge is 2.45. The minimum Gasteiger partial charge on any atom is -0.494 e. The van der Waals surface area contributed by atoms with Crippen molar-refractivity contribution in [1.29, 1.82) is 0 Å². The average molecular weight is 405 g/mol. The number of sulfonamides is 1. The third-order valence-corrected chi connectivity index (χ3v) is 5.75. The summed E-state index contributed by atoms with van der Waals surface area (Å²) in [6.07, 6.45) is 0.409. The van der Waals surface area contributed by atoms with Crippen molar-refractivity contribution in [3.63, 3.8) is 0 Å². The van der Waals surface area contributed by atoms with Crippen molar-refractivity contribution in [2.75, 3.05) is 7.11 Å². The molecule has 0 saturated heterocycles. The maximum absolute atomic E-state index is 14.2. The van der Waals surface area contributed by atoms with Crippen molar-refractivity contribution in [3.05, 3.63) is 59.4 Å². The lowest BCUT2D eigenvalue weighted by Crippen LogP contribution is -2.32. The Morgan fingerprint density at radius 1 is 1.14 bits per heavy atom. The van der Waals surface area contributed by atoms with E-state index < -0.39 is 21.4 Å². The molecule has 0 aromatic heterocycles. The molecule has 8 heteroatoms. The van der Waals surface area contributed by atoms with E-state index in [-0.39, 0.29) is 27.8 Å². The highest BCUT2D eigenvalue weighted by atomic mass is 32.2. The van der Waals surface area contributed by atoms with Gasteiger partial charge in [0.2, 0.25) is 15.8 Å². The Morgan fingerprint density at radius 3 is 2.25 bits per heavy atom. The van der Waals surface area contributed by atoms with E-state index in [9.17, 15) is 17.6 Å². The molecule has 0 bridgehead atoms. The number of methoxy groups -OCH3 is 1. The van der Waals surface area contributed by atoms with Gasteiger partial charge in [0.1, 0.15) is 5.76 Å². The number of rotatable bonds is 5. The molecule has 1 aliphatic heterocycles. The molecule has 0 fully saturated rings. The van der Waals surface area contributed by atoms with E-state index in [1.807, 2.05) is 6.92 Å². The van der Waals surface area contributed by atoms with Crippen LogP contribution < -0.4 is 9.88 Å². The zero-order valence-electron chi connectivity index (χ0n) is 15.7. The minimum atomic E-state index is -3.85. The summed E-state index contributed by atoms with van der Waals surface area (Å²) in [5, 5.41) is 5.13. The van der Waals surface area contributed by atoms with Crippen molar-refractivity contribution in [1.82, 2.24) is 0 Å². The zero-order chi connectivity index (χ0) is 20.7. The summed E-state index contributed by atoms with van der Waals surface area (Å²) in [5.74, 6) is -0.549. The molecule has 0 saturated carbocycles. The number of ether oxygens (including phenoxy) is 2. The van der Waals surface area contributed by atoms with E-state index in [4.69, 9.17) is 14.6 Å². The summed E-state index contributed by atoms with van der Waals surface area (Å²) in [7, 11) is -2.49. The van der Waals surface area contributed by atoms with E-state index in [0.29, 0.717) is 17.5 Å². The van der Waals surface area contributed by atoms with Gasteiger partial charge in [0, 0.05) is 5.56 Å². The van der Waals surface area contributed by atoms with Crippen molar-refractivity contribution in [2.24, 2.45) is 5.14 Å². The van der Waals surface area contributed by atoms with Crippen LogP contribution in [0.25, 0.3) is 11.3 Å². The van der Waals surface area contributed by atoms with Crippen LogP contribution in [-0.2, 0) is 19.6 Å². The number of carbonyl (C=O) groups is 1. The molecule has 148 valence electrons. The Morgan fingerprint density at radius 2 is 1.75 bits per heavy atom. The van der Waals surface area contributed by atoms with E-state index in [2.05, 4.69) is 0 Å². The monoisotopic (exact) mass is 405 g/mol. The van der Waals surface area contributed by atoms with Crippen molar-refractivity contribution in [2.45, 2.75) is 30.8 Å². The third-order valence-electron chi connectivity index (χ3n) is 4.82. The minimum absolute atomic E-state index is 0.0588. The van der Waals surface area contributed by atoms with Crippen LogP contribution in [0.4, 0.5) is 4.39 Å². The molecule has 0 radical (unpaired) electrons. The molecule has 1 heterocycles. The highest BCUT2D eigenvalue weighted by molar-refractivity contribution is 7.89. The van der Waals surface area contributed by atoms with Gasteiger partial charge in [-0.1, -0.05) is 13.0 Å². The molecule has 0 aliphatic carbocycles. The molecule has 0 amide bonds. The van der Waals surface area contributed by atoms with Gasteiger partial charge in [0.25, 0.3) is 0 Å². The first-order chi connectivity index (χ1) is 13.1. The number of carbonyl (C=O) groups excluding carboxylic acids is 1. The molecular formula is C20H20FNO5S. The van der Waals surface area contributed by atoms with Crippen LogP contribution in [0.5, 0.6) is 5.75 Å². The van der Waals surface area contributed by atoms with Crippen molar-refractivity contribution < 1.29 is 27.1 Å². The molecule has 1 unspecified atom stereocenters. The van der Waals surface area contributed by atoms with Gasteiger partial charge in [0.05, 0.1) is 17.6 Å². The lowest BCUT2D eigenvalue weighted by atomic mass is 9.90. The van der Waals surface area contributed by atoms with Crippen LogP contribution in [0.2, 0.25) is 0 Å². The molecule has 28 heavy (non-hydrogen) atoms. The number of nitrogens with two attached hydrogens (primary N) is 1. The molecule has 3 rings (SSSR count). The number of ketones is 1. The predicted octanol–water partition coefficient (Wildman–Crippen LogP) is 3.12. The topological polar surface area (TPSA) is 95.7 Å². The largest absolute Gasteiger partial charge is 0.494 e. The Kier molecular flexibility index (Phi) is 5.03. The van der Waals surface area contributed by atoms with Gasteiger partial charge in [-0.2, -0.15) is 0 Å². The predicted molar refractivity (Wildman–Crippen MR) is 102 cm³/mol. The Hall–Kier alpha value is -2.71. The second-order valence-electron chi connectivity index (χ2n) is 6.64. The molecule has 2 N–H and O–H groups in total. The van der Waals surface area contributed by atoms with Crippen molar-refractivity contribution >= 4 is 27.1 Å². The number of Topliss-reactive ketones (excluding diaryl/α,β-unsaturated/α-hetero) is 1. The summed E-state index contributed by atoms with van der Waals surface area (Å²) in [6.45, 7) is 3.48. The second kappa shape index (κ2) is 7.03. The van der Waals surface area contributed by atoms with Crippen molar-refractivity contribution in [3.8, 4) is 5.75 Å². The maximum Gasteiger partial charge on any atom is 0.238 e. The van der Waals surface area contributed by atoms with Gasteiger partial charge in [-0.05, 0) is 55.3 Å². The van der Waals surface area contributed by atoms with Crippen LogP contribution >= 0.6 is 0 Å². The summed E-state index contributed by atoms with van der Waals surface area (Å²) >= 11 is 0. The summed E-state index contributed by atoms with van der Waals surface area (Å²) in [6, 6.07) is 9.91. The van der Waals surface area contributed by atoms with Gasteiger partial charge in [0.15, 0.2) is 17.2 Å². The quantitative estimate of drug-likeness (QED) is 0.825. The smallest absolute Gasteiger partial charge is 0.238 e. The third kappa shape index (κ3) is 3.41. The van der Waals surface area contributed by atoms with Gasteiger partial charge in [-0.25, -0.2) is 17.9 Å². The lowest BCUT2D eigenvalue weighted by molar-refractivity contribution is -0.126. The van der Waals surface area contributed by atoms with E-state index in [1.165, 1.54) is 43.5 Å². The zero-order valence-corrected chi connectivity index (χ0v) is 16.5. The van der Waals surface area contributed by atoms with Gasteiger partial charge in [-0.3, -0.25) is 4.79 Å². The molecule has 2 aromatic carbocycles. The molecule has 0 spiro atoms. The molecular weight excluding hydrogens is 385 g/mol. The first kappa shape index (κ1) is 20.0. The Labute approximate surface area is 162 Å². The van der Waals surface area contributed by atoms with E-state index >= 15 is 0 Å². The number of halogens is 1. The molecule has 1 aliphatic rings. The molecule has 6 nitrogen and oxygen atoms in total. The van der Waals surface area contributed by atoms with Crippen LogP contribution in [0.3, 0.4) is 0 Å². The maximum atomic E-state index is 14.2. The summed E-state index contributed by atoms with van der Waals surface area (Å²) < 4.78 is 48.1. The number of hydrogen-bond acceptors (Lipinski definition) is 5. The Bertz CT molecular complexity index is 1080. The number of hydrogen-bond donors (Lipinski definition) is 1. The Balaban J connectivity index is 2.18. The highest BCUT2D eigenvalue weighted by Crippen LogP contribution is 2.43. The molecule has 2 aromatic rings. The van der Waals surface area contributed by atoms with Gasteiger partial charge >= 0.3 is 0 Å². The number of primary sulfonamides is 1. The molecule has 1 atom stereocenters. The van der Waals surface area contributed by atoms with Crippen LogP contribution in [0.1, 0.15) is 31.4 Å².